The Morgan fingerprint density at radius 2 is 1.51 bits per heavy atom. The number of aliphatic hydroxyl groups is 1. The van der Waals surface area contributed by atoms with Crippen LogP contribution in [0.1, 0.15) is 100 Å². The van der Waals surface area contributed by atoms with E-state index in [0.29, 0.717) is 37.3 Å². The summed E-state index contributed by atoms with van der Waals surface area (Å²) in [7, 11) is 0. The van der Waals surface area contributed by atoms with Gasteiger partial charge in [0, 0.05) is 36.0 Å². The van der Waals surface area contributed by atoms with Crippen LogP contribution in [0.4, 0.5) is 0 Å². The quantitative estimate of drug-likeness (QED) is 0.101. The Kier molecular flexibility index (Phi) is 27.1. The zero-order valence-electron chi connectivity index (χ0n) is 27.9. The number of unbranched alkanes of at least 4 members (excludes halogenated alkanes) is 5. The Balaban J connectivity index is -0.000000600. The van der Waals surface area contributed by atoms with Gasteiger partial charge in [-0.15, -0.1) is 0 Å². The van der Waals surface area contributed by atoms with Crippen LogP contribution in [-0.2, 0) is 28.7 Å². The van der Waals surface area contributed by atoms with Crippen LogP contribution in [0.5, 0.6) is 0 Å². The molecule has 0 rings (SSSR count). The number of hydrogen-bond donors (Lipinski definition) is 3. The lowest BCUT2D eigenvalue weighted by Crippen LogP contribution is -2.38. The molecule has 0 aliphatic rings. The number of hydrogen-bond acceptors (Lipinski definition) is 8. The van der Waals surface area contributed by atoms with E-state index in [1.165, 1.54) is 36.4 Å². The highest BCUT2D eigenvalue weighted by Crippen LogP contribution is 2.09. The summed E-state index contributed by atoms with van der Waals surface area (Å²) >= 11 is 0. The topological polar surface area (TPSA) is 142 Å². The Hall–Kier alpha value is -3.24. The highest BCUT2D eigenvalue weighted by Gasteiger charge is 2.13. The van der Waals surface area contributed by atoms with Gasteiger partial charge in [-0.25, -0.2) is 14.4 Å². The molecule has 0 saturated carbocycles. The van der Waals surface area contributed by atoms with Gasteiger partial charge in [-0.1, -0.05) is 65.7 Å². The molecule has 0 aromatic rings. The number of nitrogens with zero attached hydrogens (tertiary/aromatic N) is 1. The highest BCUT2D eigenvalue weighted by atomic mass is 16.5. The molecule has 0 radical (unpaired) electrons. The van der Waals surface area contributed by atoms with Crippen molar-refractivity contribution in [2.24, 2.45) is 0 Å². The average Bonchev–Trinajstić information content (AvgIpc) is 2.93. The Morgan fingerprint density at radius 3 is 1.93 bits per heavy atom. The molecule has 0 aromatic heterocycles. The number of carbonyl (C=O) groups is 4. The van der Waals surface area contributed by atoms with Gasteiger partial charge in [0.1, 0.15) is 6.61 Å². The van der Waals surface area contributed by atoms with Crippen molar-refractivity contribution in [3.8, 4) is 0 Å². The van der Waals surface area contributed by atoms with Crippen LogP contribution in [0, 0.1) is 0 Å². The summed E-state index contributed by atoms with van der Waals surface area (Å²) in [6, 6.07) is 0. The number of carbonyl (C=O) groups excluding carboxylic acids is 3. The van der Waals surface area contributed by atoms with E-state index in [1.807, 2.05) is 20.8 Å². The molecule has 0 fully saturated rings. The molecule has 0 heterocycles. The molecule has 248 valence electrons. The molecule has 0 aromatic carbocycles. The predicted molar refractivity (Wildman–Crippen MR) is 172 cm³/mol. The van der Waals surface area contributed by atoms with E-state index in [2.05, 4.69) is 36.7 Å². The summed E-state index contributed by atoms with van der Waals surface area (Å²) in [5.41, 5.74) is 1.05. The average molecular weight is 611 g/mol. The molecule has 1 atom stereocenters. The van der Waals surface area contributed by atoms with Gasteiger partial charge in [0.25, 0.3) is 0 Å². The number of ether oxygens (including phenoxy) is 2. The van der Waals surface area contributed by atoms with Crippen LogP contribution >= 0.6 is 0 Å². The first-order chi connectivity index (χ1) is 20.0. The normalized spacial score (nSPS) is 11.4. The van der Waals surface area contributed by atoms with Gasteiger partial charge in [-0.2, -0.15) is 0 Å². The molecule has 3 N–H and O–H groups in total. The van der Waals surface area contributed by atoms with Crippen LogP contribution in [0.25, 0.3) is 0 Å². The van der Waals surface area contributed by atoms with Crippen LogP contribution in [-0.4, -0.2) is 76.9 Å². The molecule has 10 nitrogen and oxygen atoms in total. The molecule has 0 spiro atoms. The second-order valence-electron chi connectivity index (χ2n) is 11.0. The lowest BCUT2D eigenvalue weighted by molar-refractivity contribution is -0.141. The third-order valence-electron chi connectivity index (χ3n) is 5.38. The van der Waals surface area contributed by atoms with E-state index in [4.69, 9.17) is 14.9 Å². The van der Waals surface area contributed by atoms with Crippen molar-refractivity contribution in [3.05, 3.63) is 48.7 Å². The Morgan fingerprint density at radius 1 is 0.953 bits per heavy atom. The van der Waals surface area contributed by atoms with Gasteiger partial charge in [-0.05, 0) is 60.5 Å². The van der Waals surface area contributed by atoms with E-state index < -0.39 is 18.0 Å². The second-order valence-corrected chi connectivity index (χ2v) is 11.0. The molecule has 43 heavy (non-hydrogen) atoms. The van der Waals surface area contributed by atoms with Crippen molar-refractivity contribution in [3.63, 3.8) is 0 Å². The summed E-state index contributed by atoms with van der Waals surface area (Å²) in [5, 5.41) is 20.8. The van der Waals surface area contributed by atoms with E-state index in [0.717, 1.165) is 19.3 Å². The van der Waals surface area contributed by atoms with Crippen molar-refractivity contribution in [2.75, 3.05) is 26.3 Å². The molecule has 0 bridgehead atoms. The minimum Gasteiger partial charge on any atom is -0.478 e. The number of rotatable bonds is 18. The largest absolute Gasteiger partial charge is 0.478 e. The Labute approximate surface area is 259 Å². The number of aliphatic hydroxyl groups excluding tert-OH is 1. The van der Waals surface area contributed by atoms with Gasteiger partial charge in [0.05, 0.1) is 18.3 Å². The molecule has 0 saturated heterocycles. The predicted octanol–water partition coefficient (Wildman–Crippen LogP) is 5.72. The summed E-state index contributed by atoms with van der Waals surface area (Å²) < 4.78 is 9.37. The van der Waals surface area contributed by atoms with Gasteiger partial charge < -0.3 is 29.9 Å². The third-order valence-corrected chi connectivity index (χ3v) is 5.38. The van der Waals surface area contributed by atoms with E-state index in [-0.39, 0.29) is 29.6 Å². The minimum atomic E-state index is -0.975. The summed E-state index contributed by atoms with van der Waals surface area (Å²) in [6.07, 6.45) is 9.23. The summed E-state index contributed by atoms with van der Waals surface area (Å²) in [5.74, 6) is -2.00. The first-order valence-corrected chi connectivity index (χ1v) is 14.9. The molecule has 10 heteroatoms. The van der Waals surface area contributed by atoms with Gasteiger partial charge in [-0.3, -0.25) is 4.79 Å². The number of carboxylic acid groups (broad SMARTS) is 1. The van der Waals surface area contributed by atoms with Crippen LogP contribution in [0.2, 0.25) is 0 Å². The van der Waals surface area contributed by atoms with Crippen molar-refractivity contribution in [1.82, 2.24) is 10.2 Å². The first kappa shape index (κ1) is 44.2. The van der Waals surface area contributed by atoms with Crippen molar-refractivity contribution in [2.45, 2.75) is 112 Å². The molecular weight excluding hydrogens is 552 g/mol. The minimum absolute atomic E-state index is 0.00453. The monoisotopic (exact) mass is 610 g/mol. The van der Waals surface area contributed by atoms with Crippen LogP contribution in [0.15, 0.2) is 48.7 Å². The fraction of sp³-hybridized carbons (Fsp3) is 0.636. The standard InChI is InChI=1S/C16H27NO3.C10H19NO2.C7H12O3/c1-4-7-8-9-10-11-12-17(15(18)6-3)13-14(5-2)16(19)20;1-6-13-9(12)8(2)7-11-10(3,4)5;1-5(2)7(9)10-4-6(3)8/h6,13H,3-5,7-12H2,1-2H3,(H,19,20);11H,2,6-7H2,1,3-5H3;6,8H,1,4H2,2-3H3. The van der Waals surface area contributed by atoms with Crippen LogP contribution in [0.3, 0.4) is 0 Å². The van der Waals surface area contributed by atoms with Crippen LogP contribution < -0.4 is 5.32 Å². The van der Waals surface area contributed by atoms with Gasteiger partial charge in [0.15, 0.2) is 0 Å². The maximum absolute atomic E-state index is 11.7. The zero-order chi connectivity index (χ0) is 34.0. The van der Waals surface area contributed by atoms with Crippen molar-refractivity contribution < 1.29 is 38.9 Å². The molecular formula is C33H58N2O8. The van der Waals surface area contributed by atoms with E-state index >= 15 is 0 Å². The number of carboxylic acids is 1. The Bertz CT molecular complexity index is 901. The number of amides is 1. The van der Waals surface area contributed by atoms with Gasteiger partial charge in [0.2, 0.25) is 5.91 Å². The van der Waals surface area contributed by atoms with Gasteiger partial charge >= 0.3 is 17.9 Å². The fourth-order valence-corrected chi connectivity index (χ4v) is 2.90. The lowest BCUT2D eigenvalue weighted by Gasteiger charge is -2.20. The van der Waals surface area contributed by atoms with Crippen molar-refractivity contribution in [1.29, 1.82) is 0 Å². The third kappa shape index (κ3) is 28.6. The number of esters is 2. The summed E-state index contributed by atoms with van der Waals surface area (Å²) in [6.45, 7) is 26.9. The lowest BCUT2D eigenvalue weighted by atomic mass is 10.1. The van der Waals surface area contributed by atoms with Crippen molar-refractivity contribution >= 4 is 23.8 Å². The SMILES string of the molecule is C=C(C)C(=O)OCC(C)O.C=C(CNC(C)(C)C)C(=O)OCC.C=CC(=O)N(C=C(CC)C(=O)O)CCCCCCCC. The number of aliphatic carboxylic acids is 1. The first-order valence-electron chi connectivity index (χ1n) is 14.9. The number of nitrogens with one attached hydrogen (secondary N) is 1. The fourth-order valence-electron chi connectivity index (χ4n) is 2.90. The highest BCUT2D eigenvalue weighted by molar-refractivity contribution is 5.91. The molecule has 1 amide bonds. The molecule has 0 aliphatic carbocycles. The van der Waals surface area contributed by atoms with E-state index in [1.54, 1.807) is 27.7 Å². The molecule has 0 aliphatic heterocycles. The maximum Gasteiger partial charge on any atom is 0.334 e. The second kappa shape index (κ2) is 26.4. The van der Waals surface area contributed by atoms with E-state index in [9.17, 15) is 19.2 Å². The maximum atomic E-state index is 11.7. The smallest absolute Gasteiger partial charge is 0.334 e. The summed E-state index contributed by atoms with van der Waals surface area (Å²) in [4.78, 5) is 45.9. The zero-order valence-corrected chi connectivity index (χ0v) is 27.9. The molecule has 1 unspecified atom stereocenters.